The first-order valence-corrected chi connectivity index (χ1v) is 10.2. The van der Waals surface area contributed by atoms with Crippen LogP contribution in [0.1, 0.15) is 11.3 Å². The van der Waals surface area contributed by atoms with Gasteiger partial charge in [-0.1, -0.05) is 17.3 Å². The van der Waals surface area contributed by atoms with Crippen LogP contribution in [0.3, 0.4) is 0 Å². The van der Waals surface area contributed by atoms with E-state index in [4.69, 9.17) is 4.52 Å². The van der Waals surface area contributed by atoms with Crippen molar-refractivity contribution in [1.82, 2.24) is 19.7 Å². The fourth-order valence-corrected chi connectivity index (χ4v) is 4.37. The number of sulfonamides is 1. The fourth-order valence-electron chi connectivity index (χ4n) is 2.95. The molecule has 2 N–H and O–H groups in total. The molecule has 1 aliphatic rings. The van der Waals surface area contributed by atoms with Gasteiger partial charge in [0.25, 0.3) is 0 Å². The van der Waals surface area contributed by atoms with Crippen LogP contribution in [0.5, 0.6) is 5.75 Å². The molecule has 1 aliphatic heterocycles. The summed E-state index contributed by atoms with van der Waals surface area (Å²) >= 11 is 0. The molecule has 0 spiro atoms. The van der Waals surface area contributed by atoms with Crippen molar-refractivity contribution in [2.45, 2.75) is 12.3 Å². The Bertz CT molecular complexity index is 881. The Balaban J connectivity index is 0.00000280. The van der Waals surface area contributed by atoms with Gasteiger partial charge < -0.3 is 19.8 Å². The Hall–Kier alpha value is -1.86. The van der Waals surface area contributed by atoms with E-state index in [1.807, 2.05) is 11.0 Å². The van der Waals surface area contributed by atoms with Gasteiger partial charge in [0, 0.05) is 45.8 Å². The van der Waals surface area contributed by atoms with Gasteiger partial charge in [0.2, 0.25) is 10.0 Å². The van der Waals surface area contributed by atoms with Crippen LogP contribution in [-0.4, -0.2) is 67.1 Å². The first-order chi connectivity index (χ1) is 13.0. The Morgan fingerprint density at radius 1 is 1.29 bits per heavy atom. The zero-order valence-corrected chi connectivity index (χ0v) is 18.6. The van der Waals surface area contributed by atoms with Crippen molar-refractivity contribution in [3.05, 3.63) is 47.9 Å². The van der Waals surface area contributed by atoms with Crippen molar-refractivity contribution in [2.75, 3.05) is 33.2 Å². The number of aromatic hydroxyl groups is 1. The SMILES string of the molecule is CN=C(NCc1cccc(O)c1)N1CCN(S(=O)(=O)Cc2ccon2)CC1.I. The number of nitrogens with one attached hydrogen (secondary N) is 1. The standard InChI is InChI=1S/C17H23N5O4S.HI/c1-18-17(19-12-14-3-2-4-16(23)11-14)21-6-8-22(9-7-21)27(24,25)13-15-5-10-26-20-15;/h2-5,10-11,23H,6-9,12-13H2,1H3,(H,18,19);1H. The van der Waals surface area contributed by atoms with Gasteiger partial charge in [-0.3, -0.25) is 4.99 Å². The zero-order valence-electron chi connectivity index (χ0n) is 15.5. The molecule has 9 nitrogen and oxygen atoms in total. The van der Waals surface area contributed by atoms with Crippen molar-refractivity contribution in [2.24, 2.45) is 4.99 Å². The number of hydrogen-bond acceptors (Lipinski definition) is 6. The third kappa shape index (κ3) is 5.82. The maximum absolute atomic E-state index is 12.5. The number of aromatic nitrogens is 1. The lowest BCUT2D eigenvalue weighted by Crippen LogP contribution is -2.53. The van der Waals surface area contributed by atoms with Crippen LogP contribution < -0.4 is 5.32 Å². The number of piperazine rings is 1. The first kappa shape index (κ1) is 22.4. The summed E-state index contributed by atoms with van der Waals surface area (Å²) in [6.45, 7) is 2.36. The van der Waals surface area contributed by atoms with Crippen LogP contribution in [0.4, 0.5) is 0 Å². The third-order valence-electron chi connectivity index (χ3n) is 4.33. The van der Waals surface area contributed by atoms with Gasteiger partial charge in [-0.05, 0) is 17.7 Å². The monoisotopic (exact) mass is 521 g/mol. The molecule has 0 aliphatic carbocycles. The molecule has 2 aromatic rings. The van der Waals surface area contributed by atoms with Crippen molar-refractivity contribution in [3.8, 4) is 5.75 Å². The number of benzene rings is 1. The van der Waals surface area contributed by atoms with E-state index in [-0.39, 0.29) is 35.5 Å². The summed E-state index contributed by atoms with van der Waals surface area (Å²) in [5.74, 6) is 0.760. The second-order valence-corrected chi connectivity index (χ2v) is 8.17. The van der Waals surface area contributed by atoms with Crippen LogP contribution in [-0.2, 0) is 22.3 Å². The highest BCUT2D eigenvalue weighted by atomic mass is 127. The lowest BCUT2D eigenvalue weighted by molar-refractivity contribution is 0.259. The average molecular weight is 521 g/mol. The Kier molecular flexibility index (Phi) is 8.07. The zero-order chi connectivity index (χ0) is 19.3. The summed E-state index contributed by atoms with van der Waals surface area (Å²) in [6, 6.07) is 8.56. The minimum Gasteiger partial charge on any atom is -0.508 e. The van der Waals surface area contributed by atoms with Gasteiger partial charge in [-0.25, -0.2) is 8.42 Å². The first-order valence-electron chi connectivity index (χ1n) is 8.58. The van der Waals surface area contributed by atoms with E-state index in [0.717, 1.165) is 5.56 Å². The highest BCUT2D eigenvalue weighted by Gasteiger charge is 2.28. The second kappa shape index (κ2) is 10.1. The topological polar surface area (TPSA) is 111 Å². The van der Waals surface area contributed by atoms with Crippen LogP contribution >= 0.6 is 24.0 Å². The summed E-state index contributed by atoms with van der Waals surface area (Å²) in [4.78, 5) is 6.29. The Morgan fingerprint density at radius 3 is 2.64 bits per heavy atom. The second-order valence-electron chi connectivity index (χ2n) is 6.20. The van der Waals surface area contributed by atoms with Gasteiger partial charge >= 0.3 is 0 Å². The average Bonchev–Trinajstić information content (AvgIpc) is 3.15. The van der Waals surface area contributed by atoms with E-state index in [1.165, 1.54) is 10.6 Å². The molecule has 0 unspecified atom stereocenters. The van der Waals surface area contributed by atoms with E-state index in [9.17, 15) is 13.5 Å². The van der Waals surface area contributed by atoms with E-state index >= 15 is 0 Å². The number of rotatable bonds is 5. The largest absolute Gasteiger partial charge is 0.508 e. The fraction of sp³-hybridized carbons (Fsp3) is 0.412. The summed E-state index contributed by atoms with van der Waals surface area (Å²) < 4.78 is 31.2. The van der Waals surface area contributed by atoms with Gasteiger partial charge in [0.1, 0.15) is 17.8 Å². The van der Waals surface area contributed by atoms with Crippen LogP contribution in [0.15, 0.2) is 46.1 Å². The van der Waals surface area contributed by atoms with Crippen LogP contribution in [0.25, 0.3) is 0 Å². The minimum atomic E-state index is -3.43. The van der Waals surface area contributed by atoms with Gasteiger partial charge in [-0.15, -0.1) is 24.0 Å². The van der Waals surface area contributed by atoms with Crippen LogP contribution in [0, 0.1) is 0 Å². The number of nitrogens with zero attached hydrogens (tertiary/aromatic N) is 4. The molecular weight excluding hydrogens is 497 g/mol. The smallest absolute Gasteiger partial charge is 0.220 e. The van der Waals surface area contributed by atoms with Gasteiger partial charge in [0.15, 0.2) is 5.96 Å². The van der Waals surface area contributed by atoms with E-state index in [1.54, 1.807) is 31.3 Å². The van der Waals surface area contributed by atoms with Gasteiger partial charge in [0.05, 0.1) is 5.69 Å². The Morgan fingerprint density at radius 2 is 2.04 bits per heavy atom. The lowest BCUT2D eigenvalue weighted by Gasteiger charge is -2.35. The molecule has 2 heterocycles. The molecule has 1 aromatic carbocycles. The van der Waals surface area contributed by atoms with Crippen molar-refractivity contribution < 1.29 is 18.0 Å². The highest BCUT2D eigenvalue weighted by Crippen LogP contribution is 2.14. The van der Waals surface area contributed by atoms with Crippen molar-refractivity contribution >= 4 is 40.0 Å². The molecule has 154 valence electrons. The van der Waals surface area contributed by atoms with Gasteiger partial charge in [-0.2, -0.15) is 4.31 Å². The number of halogens is 1. The lowest BCUT2D eigenvalue weighted by atomic mass is 10.2. The molecule has 0 amide bonds. The normalized spacial score (nSPS) is 15.9. The number of guanidine groups is 1. The third-order valence-corrected chi connectivity index (χ3v) is 6.14. The summed E-state index contributed by atoms with van der Waals surface area (Å²) in [5, 5.41) is 16.5. The molecule has 1 saturated heterocycles. The molecule has 0 bridgehead atoms. The predicted octanol–water partition coefficient (Wildman–Crippen LogP) is 1.22. The summed E-state index contributed by atoms with van der Waals surface area (Å²) in [6.07, 6.45) is 1.37. The van der Waals surface area contributed by atoms with E-state index < -0.39 is 10.0 Å². The van der Waals surface area contributed by atoms with E-state index in [2.05, 4.69) is 15.5 Å². The highest BCUT2D eigenvalue weighted by molar-refractivity contribution is 14.0. The molecular formula is C17H24IN5O4S. The molecule has 3 rings (SSSR count). The van der Waals surface area contributed by atoms with E-state index in [0.29, 0.717) is 44.4 Å². The molecule has 0 atom stereocenters. The maximum Gasteiger partial charge on any atom is 0.220 e. The molecule has 1 aromatic heterocycles. The van der Waals surface area contributed by atoms with Crippen molar-refractivity contribution in [1.29, 1.82) is 0 Å². The molecule has 11 heteroatoms. The summed E-state index contributed by atoms with van der Waals surface area (Å²) in [7, 11) is -1.73. The predicted molar refractivity (Wildman–Crippen MR) is 116 cm³/mol. The number of phenolic OH excluding ortho intramolecular Hbond substituents is 1. The number of hydrogen-bond donors (Lipinski definition) is 2. The van der Waals surface area contributed by atoms with Crippen LogP contribution in [0.2, 0.25) is 0 Å². The number of aliphatic imine (C=N–C) groups is 1. The maximum atomic E-state index is 12.5. The Labute approximate surface area is 181 Å². The number of phenols is 1. The quantitative estimate of drug-likeness (QED) is 0.346. The molecule has 0 saturated carbocycles. The summed E-state index contributed by atoms with van der Waals surface area (Å²) in [5.41, 5.74) is 1.34. The molecule has 0 radical (unpaired) electrons. The molecule has 1 fully saturated rings. The molecule has 28 heavy (non-hydrogen) atoms. The minimum absolute atomic E-state index is 0. The van der Waals surface area contributed by atoms with Crippen molar-refractivity contribution in [3.63, 3.8) is 0 Å².